The highest BCUT2D eigenvalue weighted by atomic mass is 19.2. The number of nitrogens with two attached hydrogens (primary N) is 1. The largest absolute Gasteiger partial charge is 0.478 e. The summed E-state index contributed by atoms with van der Waals surface area (Å²) in [5.41, 5.74) is 4.46. The van der Waals surface area contributed by atoms with E-state index in [1.165, 1.54) is 6.07 Å². The van der Waals surface area contributed by atoms with E-state index >= 15 is 0 Å². The predicted molar refractivity (Wildman–Crippen MR) is 67.1 cm³/mol. The van der Waals surface area contributed by atoms with Gasteiger partial charge in [0.2, 0.25) is 0 Å². The van der Waals surface area contributed by atoms with Crippen LogP contribution in [0.15, 0.2) is 12.1 Å². The predicted octanol–water partition coefficient (Wildman–Crippen LogP) is 2.20. The van der Waals surface area contributed by atoms with Crippen LogP contribution in [0, 0.1) is 17.6 Å². The number of aromatic carboxylic acids is 1. The van der Waals surface area contributed by atoms with Crippen molar-refractivity contribution in [1.29, 1.82) is 0 Å². The number of carboxylic acid groups (broad SMARTS) is 1. The van der Waals surface area contributed by atoms with Crippen molar-refractivity contribution in [2.24, 2.45) is 11.7 Å². The lowest BCUT2D eigenvalue weighted by molar-refractivity contribution is 0.0690. The van der Waals surface area contributed by atoms with E-state index in [0.29, 0.717) is 12.5 Å². The molecule has 0 radical (unpaired) electrons. The molecule has 0 amide bonds. The molecule has 1 saturated carbocycles. The first-order valence-electron chi connectivity index (χ1n) is 6.08. The number of rotatable bonds is 5. The van der Waals surface area contributed by atoms with E-state index in [4.69, 9.17) is 10.8 Å². The molecule has 0 bridgehead atoms. The number of carboxylic acids is 1. The molecule has 0 aliphatic heterocycles. The Morgan fingerprint density at radius 2 is 2.11 bits per heavy atom. The van der Waals surface area contributed by atoms with Crippen molar-refractivity contribution >= 4 is 11.7 Å². The van der Waals surface area contributed by atoms with Crippen LogP contribution < -0.4 is 11.1 Å². The summed E-state index contributed by atoms with van der Waals surface area (Å²) < 4.78 is 27.4. The summed E-state index contributed by atoms with van der Waals surface area (Å²) in [6.07, 6.45) is 2.00. The van der Waals surface area contributed by atoms with Crippen LogP contribution in [0.4, 0.5) is 14.5 Å². The van der Waals surface area contributed by atoms with Gasteiger partial charge in [-0.1, -0.05) is 0 Å². The van der Waals surface area contributed by atoms with Gasteiger partial charge < -0.3 is 16.2 Å². The van der Waals surface area contributed by atoms with Gasteiger partial charge in [-0.15, -0.1) is 0 Å². The molecule has 0 saturated heterocycles. The maximum atomic E-state index is 13.8. The zero-order chi connectivity index (χ0) is 14.2. The highest BCUT2D eigenvalue weighted by Gasteiger charge is 2.41. The summed E-state index contributed by atoms with van der Waals surface area (Å²) >= 11 is 0. The molecule has 0 aromatic heterocycles. The molecule has 2 rings (SSSR count). The summed E-state index contributed by atoms with van der Waals surface area (Å²) in [7, 11) is 0. The first kappa shape index (κ1) is 13.7. The van der Waals surface area contributed by atoms with Crippen LogP contribution in [0.3, 0.4) is 0 Å². The summed E-state index contributed by atoms with van der Waals surface area (Å²) in [5.74, 6) is -3.70. The zero-order valence-corrected chi connectivity index (χ0v) is 10.5. The van der Waals surface area contributed by atoms with Gasteiger partial charge in [-0.3, -0.25) is 0 Å². The Morgan fingerprint density at radius 3 is 2.58 bits per heavy atom. The molecule has 1 atom stereocenters. The van der Waals surface area contributed by atoms with Crippen molar-refractivity contribution < 1.29 is 18.7 Å². The van der Waals surface area contributed by atoms with Gasteiger partial charge >= 0.3 is 5.97 Å². The standard InChI is InChI=1S/C13H16F2N2O2/c1-13(6-16,7-2-3-7)17-9-5-4-8(12(18)19)10(14)11(9)15/h4-5,7,17H,2-3,6,16H2,1H3,(H,18,19). The Labute approximate surface area is 109 Å². The maximum Gasteiger partial charge on any atom is 0.338 e. The fraction of sp³-hybridized carbons (Fsp3) is 0.462. The number of nitrogens with one attached hydrogen (secondary N) is 1. The van der Waals surface area contributed by atoms with Gasteiger partial charge in [0, 0.05) is 12.1 Å². The minimum Gasteiger partial charge on any atom is -0.478 e. The van der Waals surface area contributed by atoms with Crippen molar-refractivity contribution in [2.75, 3.05) is 11.9 Å². The van der Waals surface area contributed by atoms with Gasteiger partial charge in [0.25, 0.3) is 0 Å². The monoisotopic (exact) mass is 270 g/mol. The number of halogens is 2. The fourth-order valence-electron chi connectivity index (χ4n) is 2.16. The summed E-state index contributed by atoms with van der Waals surface area (Å²) in [6.45, 7) is 2.15. The van der Waals surface area contributed by atoms with Gasteiger partial charge in [0.15, 0.2) is 11.6 Å². The van der Waals surface area contributed by atoms with Crippen molar-refractivity contribution in [3.8, 4) is 0 Å². The Balaban J connectivity index is 2.31. The molecule has 19 heavy (non-hydrogen) atoms. The molecule has 104 valence electrons. The Bertz CT molecular complexity index is 518. The fourth-order valence-corrected chi connectivity index (χ4v) is 2.16. The molecule has 1 fully saturated rings. The molecule has 4 nitrogen and oxygen atoms in total. The molecule has 1 aromatic carbocycles. The maximum absolute atomic E-state index is 13.8. The molecule has 4 N–H and O–H groups in total. The van der Waals surface area contributed by atoms with E-state index in [1.54, 1.807) is 0 Å². The topological polar surface area (TPSA) is 75.3 Å². The Morgan fingerprint density at radius 1 is 1.47 bits per heavy atom. The molecule has 6 heteroatoms. The molecule has 1 unspecified atom stereocenters. The quantitative estimate of drug-likeness (QED) is 0.766. The van der Waals surface area contributed by atoms with Gasteiger partial charge in [-0.25, -0.2) is 13.6 Å². The highest BCUT2D eigenvalue weighted by molar-refractivity contribution is 5.88. The highest BCUT2D eigenvalue weighted by Crippen LogP contribution is 2.41. The second kappa shape index (κ2) is 4.77. The average Bonchev–Trinajstić information content (AvgIpc) is 3.19. The summed E-state index contributed by atoms with van der Waals surface area (Å²) in [6, 6.07) is 2.28. The smallest absolute Gasteiger partial charge is 0.338 e. The molecule has 0 heterocycles. The van der Waals surface area contributed by atoms with Crippen molar-refractivity contribution in [2.45, 2.75) is 25.3 Å². The second-order valence-corrected chi connectivity index (χ2v) is 5.11. The number of carbonyl (C=O) groups is 1. The van der Waals surface area contributed by atoms with Gasteiger partial charge in [-0.05, 0) is 37.8 Å². The van der Waals surface area contributed by atoms with Gasteiger partial charge in [0.1, 0.15) is 0 Å². The molecule has 0 spiro atoms. The molecule has 1 aromatic rings. The van der Waals surface area contributed by atoms with Crippen molar-refractivity contribution in [3.63, 3.8) is 0 Å². The van der Waals surface area contributed by atoms with Gasteiger partial charge in [0.05, 0.1) is 11.3 Å². The van der Waals surface area contributed by atoms with E-state index < -0.39 is 28.7 Å². The van der Waals surface area contributed by atoms with Crippen LogP contribution in [0.25, 0.3) is 0 Å². The number of hydrogen-bond acceptors (Lipinski definition) is 3. The van der Waals surface area contributed by atoms with Gasteiger partial charge in [-0.2, -0.15) is 0 Å². The van der Waals surface area contributed by atoms with Crippen LogP contribution >= 0.6 is 0 Å². The molecular formula is C13H16F2N2O2. The van der Waals surface area contributed by atoms with E-state index in [2.05, 4.69) is 5.32 Å². The Kier molecular flexibility index (Phi) is 3.45. The number of benzene rings is 1. The zero-order valence-electron chi connectivity index (χ0n) is 10.5. The van der Waals surface area contributed by atoms with E-state index in [-0.39, 0.29) is 5.69 Å². The lowest BCUT2D eigenvalue weighted by atomic mass is 9.95. The SMILES string of the molecule is CC(CN)(Nc1ccc(C(=O)O)c(F)c1F)C1CC1. The minimum absolute atomic E-state index is 0.0534. The molecule has 1 aliphatic carbocycles. The second-order valence-electron chi connectivity index (χ2n) is 5.11. The van der Waals surface area contributed by atoms with Crippen LogP contribution in [0.5, 0.6) is 0 Å². The Hall–Kier alpha value is -1.69. The van der Waals surface area contributed by atoms with E-state index in [0.717, 1.165) is 18.9 Å². The third kappa shape index (κ3) is 2.53. The van der Waals surface area contributed by atoms with Crippen LogP contribution in [-0.4, -0.2) is 23.2 Å². The summed E-state index contributed by atoms with van der Waals surface area (Å²) in [4.78, 5) is 10.7. The minimum atomic E-state index is -1.49. The van der Waals surface area contributed by atoms with Crippen LogP contribution in [0.1, 0.15) is 30.1 Å². The van der Waals surface area contributed by atoms with Crippen LogP contribution in [0.2, 0.25) is 0 Å². The third-order valence-electron chi connectivity index (χ3n) is 3.64. The average molecular weight is 270 g/mol. The van der Waals surface area contributed by atoms with E-state index in [9.17, 15) is 13.6 Å². The normalized spacial score (nSPS) is 17.9. The first-order chi connectivity index (χ1) is 8.89. The first-order valence-corrected chi connectivity index (χ1v) is 6.08. The van der Waals surface area contributed by atoms with Crippen molar-refractivity contribution in [3.05, 3.63) is 29.3 Å². The number of anilines is 1. The van der Waals surface area contributed by atoms with Crippen molar-refractivity contribution in [1.82, 2.24) is 0 Å². The van der Waals surface area contributed by atoms with Crippen LogP contribution in [-0.2, 0) is 0 Å². The summed E-state index contributed by atoms with van der Waals surface area (Å²) in [5, 5.41) is 11.6. The lowest BCUT2D eigenvalue weighted by Crippen LogP contribution is -2.45. The lowest BCUT2D eigenvalue weighted by Gasteiger charge is -2.31. The third-order valence-corrected chi connectivity index (χ3v) is 3.64. The molecular weight excluding hydrogens is 254 g/mol. The molecule has 1 aliphatic rings. The number of hydrogen-bond donors (Lipinski definition) is 3. The van der Waals surface area contributed by atoms with E-state index in [1.807, 2.05) is 6.92 Å².